The van der Waals surface area contributed by atoms with Crippen molar-refractivity contribution >= 4 is 40.8 Å². The van der Waals surface area contributed by atoms with Crippen molar-refractivity contribution in [1.82, 2.24) is 14.5 Å². The van der Waals surface area contributed by atoms with Crippen molar-refractivity contribution < 1.29 is 14.3 Å². The highest BCUT2D eigenvalue weighted by atomic mass is 35.5. The van der Waals surface area contributed by atoms with Crippen LogP contribution in [-0.2, 0) is 17.9 Å². The lowest BCUT2D eigenvalue weighted by Crippen LogP contribution is -2.24. The number of nitrogens with one attached hydrogen (secondary N) is 2. The van der Waals surface area contributed by atoms with Crippen LogP contribution >= 0.6 is 11.6 Å². The molecule has 0 radical (unpaired) electrons. The predicted molar refractivity (Wildman–Crippen MR) is 161 cm³/mol. The summed E-state index contributed by atoms with van der Waals surface area (Å²) in [4.78, 5) is 23.6. The number of rotatable bonds is 13. The highest BCUT2D eigenvalue weighted by Crippen LogP contribution is 2.43. The second kappa shape index (κ2) is 14.0. The highest BCUT2D eigenvalue weighted by molar-refractivity contribution is 6.32. The third-order valence-electron chi connectivity index (χ3n) is 6.68. The molecule has 1 amide bonds. The number of amides is 1. The number of fused-ring (bicyclic) bond motifs is 1. The Morgan fingerprint density at radius 3 is 2.73 bits per heavy atom. The monoisotopic (exact) mass is 577 g/mol. The van der Waals surface area contributed by atoms with E-state index in [0.717, 1.165) is 30.9 Å². The Hall–Kier alpha value is -4.07. The van der Waals surface area contributed by atoms with Gasteiger partial charge in [-0.1, -0.05) is 11.6 Å². The molecule has 216 valence electrons. The van der Waals surface area contributed by atoms with Crippen LogP contribution in [-0.4, -0.2) is 53.8 Å². The van der Waals surface area contributed by atoms with E-state index in [2.05, 4.69) is 26.7 Å². The minimum atomic E-state index is -0.549. The molecule has 0 fully saturated rings. The SMILES string of the molecule is CCOc1cc2c(cc1NC(=O)CCCN(C)C)C(Nc1ccc(OCc3nccn3CC)c(Cl)c1)C(C#N)C=N2. The van der Waals surface area contributed by atoms with Crippen molar-refractivity contribution in [2.24, 2.45) is 10.9 Å². The first kappa shape index (κ1) is 29.9. The molecule has 4 rings (SSSR count). The van der Waals surface area contributed by atoms with Crippen molar-refractivity contribution in [1.29, 1.82) is 5.26 Å². The van der Waals surface area contributed by atoms with Crippen molar-refractivity contribution in [3.05, 3.63) is 59.1 Å². The molecule has 2 atom stereocenters. The molecule has 2 heterocycles. The smallest absolute Gasteiger partial charge is 0.224 e. The van der Waals surface area contributed by atoms with Gasteiger partial charge in [0.1, 0.15) is 29.8 Å². The maximum Gasteiger partial charge on any atom is 0.224 e. The molecule has 1 aliphatic heterocycles. The summed E-state index contributed by atoms with van der Waals surface area (Å²) in [5, 5.41) is 16.8. The van der Waals surface area contributed by atoms with Crippen LogP contribution in [0.5, 0.6) is 11.5 Å². The number of aryl methyl sites for hydroxylation is 1. The standard InChI is InChI=1S/C30H36ClN7O3/c1-5-38-13-11-33-28(38)19-41-26-10-9-21(14-23(26)31)35-30-20(17-32)18-34-24-16-27(40-6-2)25(15-22(24)30)36-29(39)8-7-12-37(3)4/h9-11,13-16,18,20,30,35H,5-8,12,19H2,1-4H3,(H,36,39). The number of aliphatic imine (C=N–C) groups is 1. The zero-order chi connectivity index (χ0) is 29.4. The molecule has 2 unspecified atom stereocenters. The van der Waals surface area contributed by atoms with E-state index in [-0.39, 0.29) is 5.91 Å². The molecular weight excluding hydrogens is 542 g/mol. The lowest BCUT2D eigenvalue weighted by atomic mass is 9.90. The second-order valence-corrected chi connectivity index (χ2v) is 10.3. The fourth-order valence-corrected chi connectivity index (χ4v) is 4.84. The van der Waals surface area contributed by atoms with Crippen molar-refractivity contribution in [2.45, 2.75) is 45.9 Å². The highest BCUT2D eigenvalue weighted by Gasteiger charge is 2.29. The Bertz CT molecular complexity index is 1430. The molecule has 0 saturated heterocycles. The van der Waals surface area contributed by atoms with E-state index in [1.54, 1.807) is 30.6 Å². The number of carbonyl (C=O) groups excluding carboxylic acids is 1. The lowest BCUT2D eigenvalue weighted by Gasteiger charge is -2.28. The van der Waals surface area contributed by atoms with Gasteiger partial charge >= 0.3 is 0 Å². The maximum absolute atomic E-state index is 12.7. The van der Waals surface area contributed by atoms with Gasteiger partial charge in [0.2, 0.25) is 5.91 Å². The summed E-state index contributed by atoms with van der Waals surface area (Å²) < 4.78 is 13.8. The van der Waals surface area contributed by atoms with Gasteiger partial charge in [0.25, 0.3) is 0 Å². The van der Waals surface area contributed by atoms with Crippen LogP contribution in [0.1, 0.15) is 44.1 Å². The van der Waals surface area contributed by atoms with E-state index >= 15 is 0 Å². The molecule has 2 aromatic carbocycles. The van der Waals surface area contributed by atoms with Gasteiger partial charge in [-0.05, 0) is 65.2 Å². The Morgan fingerprint density at radius 2 is 2.02 bits per heavy atom. The van der Waals surface area contributed by atoms with Gasteiger partial charge in [0.05, 0.1) is 35.1 Å². The molecule has 0 saturated carbocycles. The number of carbonyl (C=O) groups is 1. The molecular formula is C30H36ClN7O3. The van der Waals surface area contributed by atoms with E-state index in [1.165, 1.54) is 0 Å². The zero-order valence-electron chi connectivity index (χ0n) is 23.9. The Balaban J connectivity index is 1.55. The number of halogens is 1. The van der Waals surface area contributed by atoms with Gasteiger partial charge in [-0.15, -0.1) is 0 Å². The van der Waals surface area contributed by atoms with Crippen LogP contribution in [0.25, 0.3) is 0 Å². The predicted octanol–water partition coefficient (Wildman–Crippen LogP) is 5.82. The average molecular weight is 578 g/mol. The number of nitrogens with zero attached hydrogens (tertiary/aromatic N) is 5. The van der Waals surface area contributed by atoms with Gasteiger partial charge < -0.3 is 29.6 Å². The quantitative estimate of drug-likeness (QED) is 0.263. The van der Waals surface area contributed by atoms with Crippen molar-refractivity contribution in [3.63, 3.8) is 0 Å². The summed E-state index contributed by atoms with van der Waals surface area (Å²) in [7, 11) is 3.95. The fraction of sp³-hybridized carbons (Fsp3) is 0.400. The first-order valence-corrected chi connectivity index (χ1v) is 14.1. The molecule has 1 aromatic heterocycles. The molecule has 1 aliphatic rings. The number of nitriles is 1. The Morgan fingerprint density at radius 1 is 1.20 bits per heavy atom. The minimum Gasteiger partial charge on any atom is -0.492 e. The molecule has 10 nitrogen and oxygen atoms in total. The summed E-state index contributed by atoms with van der Waals surface area (Å²) in [6.07, 6.45) is 6.40. The number of aromatic nitrogens is 2. The van der Waals surface area contributed by atoms with Gasteiger partial charge in [0, 0.05) is 48.9 Å². The summed E-state index contributed by atoms with van der Waals surface area (Å²) >= 11 is 6.58. The summed E-state index contributed by atoms with van der Waals surface area (Å²) in [6.45, 7) is 6.27. The molecule has 3 aromatic rings. The number of imidazole rings is 1. The third-order valence-corrected chi connectivity index (χ3v) is 6.98. The van der Waals surface area contributed by atoms with Crippen molar-refractivity contribution in [3.8, 4) is 17.6 Å². The van der Waals surface area contributed by atoms with Crippen LogP contribution in [0.2, 0.25) is 5.02 Å². The largest absolute Gasteiger partial charge is 0.492 e. The Labute approximate surface area is 245 Å². The normalized spacial score (nSPS) is 15.7. The van der Waals surface area contributed by atoms with Crippen molar-refractivity contribution in [2.75, 3.05) is 37.9 Å². The third kappa shape index (κ3) is 7.57. The van der Waals surface area contributed by atoms with Gasteiger partial charge in [-0.2, -0.15) is 5.26 Å². The van der Waals surface area contributed by atoms with Gasteiger partial charge in [-0.3, -0.25) is 9.79 Å². The fourth-order valence-electron chi connectivity index (χ4n) is 4.60. The van der Waals surface area contributed by atoms with Crippen LogP contribution in [0.4, 0.5) is 17.1 Å². The average Bonchev–Trinajstić information content (AvgIpc) is 3.41. The molecule has 11 heteroatoms. The van der Waals surface area contributed by atoms with Gasteiger partial charge in [-0.25, -0.2) is 4.98 Å². The molecule has 0 spiro atoms. The Kier molecular flexibility index (Phi) is 10.2. The number of hydrogen-bond donors (Lipinski definition) is 2. The first-order valence-electron chi connectivity index (χ1n) is 13.7. The summed E-state index contributed by atoms with van der Waals surface area (Å²) in [5.41, 5.74) is 2.70. The number of benzene rings is 2. The minimum absolute atomic E-state index is 0.0998. The van der Waals surface area contributed by atoms with Crippen LogP contribution in [0.15, 0.2) is 47.7 Å². The topological polar surface area (TPSA) is 117 Å². The zero-order valence-corrected chi connectivity index (χ0v) is 24.6. The number of ether oxygens (including phenoxy) is 2. The lowest BCUT2D eigenvalue weighted by molar-refractivity contribution is -0.116. The molecule has 0 bridgehead atoms. The second-order valence-electron chi connectivity index (χ2n) is 9.91. The number of anilines is 2. The molecule has 0 aliphatic carbocycles. The maximum atomic E-state index is 12.7. The summed E-state index contributed by atoms with van der Waals surface area (Å²) in [5.74, 6) is 1.23. The van der Waals surface area contributed by atoms with E-state index in [4.69, 9.17) is 21.1 Å². The van der Waals surface area contributed by atoms with E-state index in [1.807, 2.05) is 55.7 Å². The molecule has 2 N–H and O–H groups in total. The summed E-state index contributed by atoms with van der Waals surface area (Å²) in [6, 6.07) is 11.0. The van der Waals surface area contributed by atoms with Gasteiger partial charge in [0.15, 0.2) is 0 Å². The van der Waals surface area contributed by atoms with Crippen LogP contribution < -0.4 is 20.1 Å². The van der Waals surface area contributed by atoms with Crippen LogP contribution in [0.3, 0.4) is 0 Å². The van der Waals surface area contributed by atoms with E-state index in [0.29, 0.717) is 53.2 Å². The first-order chi connectivity index (χ1) is 19.8. The molecule has 41 heavy (non-hydrogen) atoms. The van der Waals surface area contributed by atoms with E-state index in [9.17, 15) is 10.1 Å². The van der Waals surface area contributed by atoms with Crippen LogP contribution in [0, 0.1) is 17.2 Å². The number of hydrogen-bond acceptors (Lipinski definition) is 8. The van der Waals surface area contributed by atoms with E-state index < -0.39 is 12.0 Å².